The number of carboxylic acids is 1. The number of rotatable bonds is 7. The van der Waals surface area contributed by atoms with Crippen molar-refractivity contribution in [3.63, 3.8) is 0 Å². The van der Waals surface area contributed by atoms with Crippen LogP contribution in [-0.2, 0) is 16.1 Å². The lowest BCUT2D eigenvalue weighted by atomic mass is 10.1. The molecule has 0 radical (unpaired) electrons. The summed E-state index contributed by atoms with van der Waals surface area (Å²) >= 11 is 0. The number of aliphatic carboxylic acids is 1. The Morgan fingerprint density at radius 3 is 2.63 bits per heavy atom. The third-order valence-corrected chi connectivity index (χ3v) is 4.38. The Morgan fingerprint density at radius 2 is 1.97 bits per heavy atom. The molecule has 0 bridgehead atoms. The number of carbonyl (C=O) groups is 3. The third kappa shape index (κ3) is 4.40. The standard InChI is InChI=1S/C21H19FN2O6/c1-12(20(26)27)30-17-8-7-13(10-18(17)29-2)9-16-19(25)24(21(28)23-16)11-14-5-3-4-6-15(14)22/h3-10,12H,11H2,1-2H3,(H,23,28)(H,26,27)/p-1/b16-9-/t12-/m0/s1. The zero-order valence-corrected chi connectivity index (χ0v) is 16.2. The summed E-state index contributed by atoms with van der Waals surface area (Å²) in [5.41, 5.74) is 0.722. The van der Waals surface area contributed by atoms with Gasteiger partial charge in [0.2, 0.25) is 0 Å². The van der Waals surface area contributed by atoms with Gasteiger partial charge in [-0.15, -0.1) is 0 Å². The molecule has 3 amide bonds. The van der Waals surface area contributed by atoms with Gasteiger partial charge in [0.15, 0.2) is 11.5 Å². The molecule has 0 aliphatic carbocycles. The topological polar surface area (TPSA) is 108 Å². The van der Waals surface area contributed by atoms with E-state index in [9.17, 15) is 23.9 Å². The average molecular weight is 413 g/mol. The number of halogens is 1. The number of imide groups is 1. The van der Waals surface area contributed by atoms with Crippen LogP contribution in [0.1, 0.15) is 18.1 Å². The number of benzene rings is 2. The van der Waals surface area contributed by atoms with E-state index in [2.05, 4.69) is 5.32 Å². The number of hydrogen-bond donors (Lipinski definition) is 1. The first-order valence-electron chi connectivity index (χ1n) is 8.93. The number of urea groups is 1. The molecule has 1 saturated heterocycles. The van der Waals surface area contributed by atoms with Crippen LogP contribution in [0.4, 0.5) is 9.18 Å². The predicted molar refractivity (Wildman–Crippen MR) is 102 cm³/mol. The van der Waals surface area contributed by atoms with Crippen molar-refractivity contribution in [2.75, 3.05) is 7.11 Å². The van der Waals surface area contributed by atoms with Crippen molar-refractivity contribution < 1.29 is 33.4 Å². The second-order valence-electron chi connectivity index (χ2n) is 6.46. The van der Waals surface area contributed by atoms with Crippen molar-refractivity contribution in [2.45, 2.75) is 19.6 Å². The van der Waals surface area contributed by atoms with Crippen LogP contribution >= 0.6 is 0 Å². The number of carboxylic acid groups (broad SMARTS) is 1. The lowest BCUT2D eigenvalue weighted by Crippen LogP contribution is -2.37. The maximum atomic E-state index is 13.9. The third-order valence-electron chi connectivity index (χ3n) is 4.38. The molecule has 1 atom stereocenters. The van der Waals surface area contributed by atoms with Crippen LogP contribution in [0.5, 0.6) is 11.5 Å². The van der Waals surface area contributed by atoms with Crippen molar-refractivity contribution in [3.05, 3.63) is 65.1 Å². The second kappa shape index (κ2) is 8.64. The Labute approximate surface area is 171 Å². The summed E-state index contributed by atoms with van der Waals surface area (Å²) < 4.78 is 24.3. The molecular formula is C21H18FN2O6-. The minimum absolute atomic E-state index is 0.00941. The molecule has 0 saturated carbocycles. The van der Waals surface area contributed by atoms with Gasteiger partial charge in [-0.25, -0.2) is 9.18 Å². The fraction of sp³-hybridized carbons (Fsp3) is 0.190. The molecule has 2 aromatic rings. The zero-order valence-electron chi connectivity index (χ0n) is 16.2. The fourth-order valence-corrected chi connectivity index (χ4v) is 2.79. The van der Waals surface area contributed by atoms with E-state index in [1.54, 1.807) is 12.1 Å². The van der Waals surface area contributed by atoms with Gasteiger partial charge in [-0.3, -0.25) is 9.69 Å². The van der Waals surface area contributed by atoms with Gasteiger partial charge in [0.1, 0.15) is 17.6 Å². The van der Waals surface area contributed by atoms with Gasteiger partial charge in [0.25, 0.3) is 5.91 Å². The average Bonchev–Trinajstić information content (AvgIpc) is 2.97. The Hall–Kier alpha value is -3.88. The number of hydrogen-bond acceptors (Lipinski definition) is 6. The summed E-state index contributed by atoms with van der Waals surface area (Å²) in [6, 6.07) is 9.77. The molecule has 1 N–H and O–H groups in total. The van der Waals surface area contributed by atoms with Crippen molar-refractivity contribution in [3.8, 4) is 11.5 Å². The van der Waals surface area contributed by atoms with Gasteiger partial charge < -0.3 is 24.7 Å². The van der Waals surface area contributed by atoms with Gasteiger partial charge in [-0.05, 0) is 36.8 Å². The largest absolute Gasteiger partial charge is 0.546 e. The summed E-state index contributed by atoms with van der Waals surface area (Å²) in [6.07, 6.45) is 0.238. The molecule has 1 fully saturated rings. The van der Waals surface area contributed by atoms with Crippen LogP contribution in [0.15, 0.2) is 48.2 Å². The first-order chi connectivity index (χ1) is 14.3. The Bertz CT molecular complexity index is 1040. The minimum Gasteiger partial charge on any atom is -0.546 e. The molecule has 8 nitrogen and oxygen atoms in total. The van der Waals surface area contributed by atoms with Crippen LogP contribution in [0.3, 0.4) is 0 Å². The molecule has 1 heterocycles. The summed E-state index contributed by atoms with van der Waals surface area (Å²) in [6.45, 7) is 1.12. The summed E-state index contributed by atoms with van der Waals surface area (Å²) in [4.78, 5) is 36.6. The summed E-state index contributed by atoms with van der Waals surface area (Å²) in [5.74, 6) is -2.08. The highest BCUT2D eigenvalue weighted by Crippen LogP contribution is 2.30. The fourth-order valence-electron chi connectivity index (χ4n) is 2.79. The molecule has 1 aliphatic heterocycles. The molecule has 0 spiro atoms. The maximum absolute atomic E-state index is 13.9. The monoisotopic (exact) mass is 413 g/mol. The molecule has 3 rings (SSSR count). The molecule has 1 aliphatic rings. The van der Waals surface area contributed by atoms with Crippen LogP contribution in [0, 0.1) is 5.82 Å². The quantitative estimate of drug-likeness (QED) is 0.544. The lowest BCUT2D eigenvalue weighted by molar-refractivity contribution is -0.312. The number of carbonyl (C=O) groups excluding carboxylic acids is 3. The molecule has 2 aromatic carbocycles. The number of nitrogens with zero attached hydrogens (tertiary/aromatic N) is 1. The molecule has 30 heavy (non-hydrogen) atoms. The maximum Gasteiger partial charge on any atom is 0.329 e. The Kier molecular flexibility index (Phi) is 6.01. The first kappa shape index (κ1) is 20.8. The highest BCUT2D eigenvalue weighted by molar-refractivity contribution is 6.13. The van der Waals surface area contributed by atoms with E-state index in [4.69, 9.17) is 9.47 Å². The van der Waals surface area contributed by atoms with Crippen LogP contribution in [0.25, 0.3) is 6.08 Å². The van der Waals surface area contributed by atoms with Crippen molar-refractivity contribution in [2.24, 2.45) is 0 Å². The van der Waals surface area contributed by atoms with E-state index in [0.717, 1.165) is 4.90 Å². The van der Waals surface area contributed by atoms with Gasteiger partial charge in [0.05, 0.1) is 19.6 Å². The summed E-state index contributed by atoms with van der Waals surface area (Å²) in [7, 11) is 1.38. The number of ether oxygens (including phenoxy) is 2. The smallest absolute Gasteiger partial charge is 0.329 e. The van der Waals surface area contributed by atoms with Crippen LogP contribution < -0.4 is 19.9 Å². The summed E-state index contributed by atoms with van der Waals surface area (Å²) in [5, 5.41) is 13.3. The van der Waals surface area contributed by atoms with Gasteiger partial charge in [0, 0.05) is 5.56 Å². The van der Waals surface area contributed by atoms with Crippen molar-refractivity contribution in [1.82, 2.24) is 10.2 Å². The van der Waals surface area contributed by atoms with Gasteiger partial charge in [-0.2, -0.15) is 0 Å². The van der Waals surface area contributed by atoms with Crippen LogP contribution in [-0.4, -0.2) is 36.0 Å². The van der Waals surface area contributed by atoms with Gasteiger partial charge >= 0.3 is 6.03 Å². The van der Waals surface area contributed by atoms with E-state index in [1.165, 1.54) is 50.4 Å². The molecule has 156 valence electrons. The molecular weight excluding hydrogens is 395 g/mol. The van der Waals surface area contributed by atoms with Crippen molar-refractivity contribution >= 4 is 24.0 Å². The molecule has 9 heteroatoms. The highest BCUT2D eigenvalue weighted by Gasteiger charge is 2.34. The van der Waals surface area contributed by atoms with E-state index in [1.807, 2.05) is 0 Å². The van der Waals surface area contributed by atoms with E-state index >= 15 is 0 Å². The number of amides is 3. The van der Waals surface area contributed by atoms with Gasteiger partial charge in [-0.1, -0.05) is 24.3 Å². The molecule has 0 unspecified atom stereocenters. The van der Waals surface area contributed by atoms with Crippen LogP contribution in [0.2, 0.25) is 0 Å². The lowest BCUT2D eigenvalue weighted by Gasteiger charge is -2.17. The van der Waals surface area contributed by atoms with E-state index < -0.39 is 29.8 Å². The predicted octanol–water partition coefficient (Wildman–Crippen LogP) is 1.44. The highest BCUT2D eigenvalue weighted by atomic mass is 19.1. The SMILES string of the molecule is COc1cc(/C=C2\NC(=O)N(Cc3ccccc3F)C2=O)ccc1O[C@@H](C)C(=O)[O-]. The minimum atomic E-state index is -1.38. The number of methoxy groups -OCH3 is 1. The van der Waals surface area contributed by atoms with E-state index in [-0.39, 0.29) is 29.3 Å². The zero-order chi connectivity index (χ0) is 21.8. The second-order valence-corrected chi connectivity index (χ2v) is 6.46. The first-order valence-corrected chi connectivity index (χ1v) is 8.93. The number of nitrogens with one attached hydrogen (secondary N) is 1. The van der Waals surface area contributed by atoms with Crippen molar-refractivity contribution in [1.29, 1.82) is 0 Å². The Morgan fingerprint density at radius 1 is 1.23 bits per heavy atom. The Balaban J connectivity index is 1.81. The molecule has 0 aromatic heterocycles. The van der Waals surface area contributed by atoms with E-state index in [0.29, 0.717) is 5.56 Å². The normalized spacial score (nSPS) is 15.8.